The van der Waals surface area contributed by atoms with Crippen molar-refractivity contribution in [2.75, 3.05) is 0 Å². The maximum absolute atomic E-state index is 8.57. The van der Waals surface area contributed by atoms with Crippen LogP contribution in [0.15, 0.2) is 24.3 Å². The average molecular weight is 168 g/mol. The second-order valence-corrected chi connectivity index (χ2v) is 3.57. The quantitative estimate of drug-likeness (QED) is 0.390. The highest BCUT2D eigenvalue weighted by Gasteiger charge is 2.25. The molecule has 12 heavy (non-hydrogen) atoms. The maximum Gasteiger partial charge on any atom is 0.114 e. The third-order valence-electron chi connectivity index (χ3n) is 2.59. The van der Waals surface area contributed by atoms with Gasteiger partial charge in [-0.2, -0.15) is 0 Å². The molecule has 0 spiro atoms. The molecule has 1 rings (SSSR count). The van der Waals surface area contributed by atoms with E-state index in [4.69, 9.17) is 5.26 Å². The van der Waals surface area contributed by atoms with Gasteiger partial charge in [-0.1, -0.05) is 18.7 Å². The fraction of sp³-hybridized carbons (Fsp3) is 0.600. The highest BCUT2D eigenvalue weighted by Crippen LogP contribution is 2.32. The Morgan fingerprint density at radius 3 is 2.83 bits per heavy atom. The van der Waals surface area contributed by atoms with Gasteiger partial charge < -0.3 is 0 Å². The van der Waals surface area contributed by atoms with Crippen LogP contribution < -0.4 is 0 Å². The van der Waals surface area contributed by atoms with E-state index in [1.807, 2.05) is 6.92 Å². The number of hydrogen-bond donors (Lipinski definition) is 1. The second-order valence-electron chi connectivity index (χ2n) is 3.57. The number of hydrogen-bond acceptors (Lipinski definition) is 2. The lowest BCUT2D eigenvalue weighted by Gasteiger charge is -2.29. The van der Waals surface area contributed by atoms with E-state index in [2.05, 4.69) is 18.0 Å². The molecule has 0 saturated heterocycles. The Labute approximate surface area is 73.5 Å². The molecule has 0 aliphatic heterocycles. The van der Waals surface area contributed by atoms with Crippen molar-refractivity contribution in [1.29, 1.82) is 0 Å². The molecule has 1 aliphatic carbocycles. The Kier molecular flexibility index (Phi) is 3.06. The zero-order chi connectivity index (χ0) is 9.14. The molecule has 1 N–H and O–H groups in total. The lowest BCUT2D eigenvalue weighted by molar-refractivity contribution is -0.273. The van der Waals surface area contributed by atoms with Crippen LogP contribution in [0.4, 0.5) is 0 Å². The van der Waals surface area contributed by atoms with E-state index in [9.17, 15) is 0 Å². The van der Waals surface area contributed by atoms with E-state index in [1.165, 1.54) is 5.57 Å². The van der Waals surface area contributed by atoms with E-state index in [1.54, 1.807) is 0 Å². The Bertz CT molecular complexity index is 196. The SMILES string of the molecule is C=C(C)[C@@H]1CCC(=C)[C@H](OO)C1. The van der Waals surface area contributed by atoms with Crippen LogP contribution in [-0.2, 0) is 4.89 Å². The molecule has 1 fully saturated rings. The highest BCUT2D eigenvalue weighted by atomic mass is 17.1. The predicted octanol–water partition coefficient (Wildman–Crippen LogP) is 2.78. The molecule has 1 aliphatic rings. The summed E-state index contributed by atoms with van der Waals surface area (Å²) in [5.41, 5.74) is 2.17. The third kappa shape index (κ3) is 1.96. The molecule has 0 aromatic carbocycles. The van der Waals surface area contributed by atoms with Gasteiger partial charge in [0, 0.05) is 0 Å². The Morgan fingerprint density at radius 2 is 2.33 bits per heavy atom. The van der Waals surface area contributed by atoms with Crippen LogP contribution in [0.2, 0.25) is 0 Å². The van der Waals surface area contributed by atoms with E-state index in [0.29, 0.717) is 5.92 Å². The topological polar surface area (TPSA) is 29.5 Å². The minimum atomic E-state index is -0.180. The van der Waals surface area contributed by atoms with E-state index in [-0.39, 0.29) is 6.10 Å². The lowest BCUT2D eigenvalue weighted by Crippen LogP contribution is -2.24. The van der Waals surface area contributed by atoms with Gasteiger partial charge in [0.15, 0.2) is 0 Å². The fourth-order valence-corrected chi connectivity index (χ4v) is 1.63. The second kappa shape index (κ2) is 3.87. The van der Waals surface area contributed by atoms with Gasteiger partial charge in [0.2, 0.25) is 0 Å². The first-order valence-corrected chi connectivity index (χ1v) is 4.28. The van der Waals surface area contributed by atoms with Crippen LogP contribution in [0.5, 0.6) is 0 Å². The summed E-state index contributed by atoms with van der Waals surface area (Å²) in [6.45, 7) is 9.77. The lowest BCUT2D eigenvalue weighted by atomic mass is 9.81. The van der Waals surface area contributed by atoms with Crippen LogP contribution in [0.1, 0.15) is 26.2 Å². The van der Waals surface area contributed by atoms with Crippen LogP contribution in [0, 0.1) is 5.92 Å². The van der Waals surface area contributed by atoms with Crippen molar-refractivity contribution in [3.8, 4) is 0 Å². The van der Waals surface area contributed by atoms with Crippen molar-refractivity contribution < 1.29 is 10.1 Å². The van der Waals surface area contributed by atoms with Crippen LogP contribution in [0.25, 0.3) is 0 Å². The largest absolute Gasteiger partial charge is 0.251 e. The summed E-state index contributed by atoms with van der Waals surface area (Å²) in [6, 6.07) is 0. The minimum Gasteiger partial charge on any atom is -0.251 e. The molecular weight excluding hydrogens is 152 g/mol. The third-order valence-corrected chi connectivity index (χ3v) is 2.59. The summed E-state index contributed by atoms with van der Waals surface area (Å²) >= 11 is 0. The molecule has 0 aromatic rings. The summed E-state index contributed by atoms with van der Waals surface area (Å²) < 4.78 is 0. The molecule has 2 nitrogen and oxygen atoms in total. The Hall–Kier alpha value is -0.600. The minimum absolute atomic E-state index is 0.180. The molecular formula is C10H16O2. The summed E-state index contributed by atoms with van der Waals surface area (Å²) in [7, 11) is 0. The van der Waals surface area contributed by atoms with Gasteiger partial charge in [0.1, 0.15) is 6.10 Å². The van der Waals surface area contributed by atoms with Crippen LogP contribution >= 0.6 is 0 Å². The maximum atomic E-state index is 8.57. The van der Waals surface area contributed by atoms with Crippen molar-refractivity contribution in [1.82, 2.24) is 0 Å². The Morgan fingerprint density at radius 1 is 1.67 bits per heavy atom. The molecule has 0 unspecified atom stereocenters. The van der Waals surface area contributed by atoms with Gasteiger partial charge in [-0.15, -0.1) is 0 Å². The smallest absolute Gasteiger partial charge is 0.114 e. The fourth-order valence-electron chi connectivity index (χ4n) is 1.63. The molecule has 68 valence electrons. The van der Waals surface area contributed by atoms with E-state index < -0.39 is 0 Å². The first kappa shape index (κ1) is 9.49. The van der Waals surface area contributed by atoms with Crippen LogP contribution in [0.3, 0.4) is 0 Å². The number of allylic oxidation sites excluding steroid dienone is 1. The van der Waals surface area contributed by atoms with Gasteiger partial charge in [-0.05, 0) is 37.7 Å². The summed E-state index contributed by atoms with van der Waals surface area (Å²) in [4.78, 5) is 4.34. The Balaban J connectivity index is 2.55. The van der Waals surface area contributed by atoms with Crippen molar-refractivity contribution in [2.45, 2.75) is 32.3 Å². The predicted molar refractivity (Wildman–Crippen MR) is 48.8 cm³/mol. The van der Waals surface area contributed by atoms with Gasteiger partial charge in [-0.3, -0.25) is 5.26 Å². The van der Waals surface area contributed by atoms with Crippen LogP contribution in [-0.4, -0.2) is 11.4 Å². The highest BCUT2D eigenvalue weighted by molar-refractivity contribution is 5.11. The molecule has 0 bridgehead atoms. The van der Waals surface area contributed by atoms with E-state index in [0.717, 1.165) is 24.8 Å². The van der Waals surface area contributed by atoms with Gasteiger partial charge in [-0.25, -0.2) is 4.89 Å². The normalized spacial score (nSPS) is 30.3. The van der Waals surface area contributed by atoms with Gasteiger partial charge >= 0.3 is 0 Å². The summed E-state index contributed by atoms with van der Waals surface area (Å²) in [5.74, 6) is 0.479. The van der Waals surface area contributed by atoms with Crippen molar-refractivity contribution in [3.05, 3.63) is 24.3 Å². The van der Waals surface area contributed by atoms with Crippen molar-refractivity contribution in [2.24, 2.45) is 5.92 Å². The molecule has 1 saturated carbocycles. The van der Waals surface area contributed by atoms with Crippen molar-refractivity contribution >= 4 is 0 Å². The van der Waals surface area contributed by atoms with E-state index >= 15 is 0 Å². The molecule has 0 amide bonds. The van der Waals surface area contributed by atoms with Gasteiger partial charge in [0.05, 0.1) is 0 Å². The molecule has 0 aromatic heterocycles. The first-order valence-electron chi connectivity index (χ1n) is 4.28. The molecule has 2 atom stereocenters. The number of rotatable bonds is 2. The average Bonchev–Trinajstić information content (AvgIpc) is 2.05. The molecule has 0 radical (unpaired) electrons. The molecule has 2 heteroatoms. The molecule has 0 heterocycles. The van der Waals surface area contributed by atoms with Crippen molar-refractivity contribution in [3.63, 3.8) is 0 Å². The first-order chi connectivity index (χ1) is 5.65. The zero-order valence-electron chi connectivity index (χ0n) is 7.55. The standard InChI is InChI=1S/C10H16O2/c1-7(2)9-5-4-8(3)10(6-9)12-11/h9-11H,1,3-6H2,2H3/t9-,10-/m1/s1. The summed E-state index contributed by atoms with van der Waals surface area (Å²) in [5, 5.41) is 8.57. The van der Waals surface area contributed by atoms with Gasteiger partial charge in [0.25, 0.3) is 0 Å². The zero-order valence-corrected chi connectivity index (χ0v) is 7.55. The summed E-state index contributed by atoms with van der Waals surface area (Å²) in [6.07, 6.45) is 2.67. The monoisotopic (exact) mass is 168 g/mol.